The largest absolute Gasteiger partial charge is 0.369 e. The molecule has 4 nitrogen and oxygen atoms in total. The van der Waals surface area contributed by atoms with Crippen LogP contribution in [0.15, 0.2) is 60.7 Å². The summed E-state index contributed by atoms with van der Waals surface area (Å²) >= 11 is 3.63. The summed E-state index contributed by atoms with van der Waals surface area (Å²) in [7, 11) is 0. The summed E-state index contributed by atoms with van der Waals surface area (Å²) in [5.74, 6) is 1.01. The van der Waals surface area contributed by atoms with Gasteiger partial charge in [-0.15, -0.1) is 11.8 Å². The minimum atomic E-state index is -0.387. The van der Waals surface area contributed by atoms with E-state index in [-0.39, 0.29) is 35.3 Å². The molecule has 2 aliphatic heterocycles. The third kappa shape index (κ3) is 5.01. The van der Waals surface area contributed by atoms with Crippen LogP contribution in [0.4, 0.5) is 0 Å². The Balaban J connectivity index is 1.55. The monoisotopic (exact) mass is 432 g/mol. The number of thioether (sulfide) groups is 2. The summed E-state index contributed by atoms with van der Waals surface area (Å²) in [5, 5.41) is 0.203. The third-order valence-electron chi connectivity index (χ3n) is 5.23. The summed E-state index contributed by atoms with van der Waals surface area (Å²) in [4.78, 5) is 0. The van der Waals surface area contributed by atoms with Crippen LogP contribution < -0.4 is 0 Å². The highest BCUT2D eigenvalue weighted by molar-refractivity contribution is 8.03. The molecule has 2 aromatic rings. The summed E-state index contributed by atoms with van der Waals surface area (Å²) in [6.45, 7) is 3.26. The highest BCUT2D eigenvalue weighted by Gasteiger charge is 2.50. The number of ether oxygens (including phenoxy) is 4. The van der Waals surface area contributed by atoms with Crippen LogP contribution in [-0.2, 0) is 25.6 Å². The zero-order valence-corrected chi connectivity index (χ0v) is 18.4. The molecule has 29 heavy (non-hydrogen) atoms. The van der Waals surface area contributed by atoms with Crippen LogP contribution in [0.25, 0.3) is 0 Å². The van der Waals surface area contributed by atoms with Gasteiger partial charge in [-0.3, -0.25) is 0 Å². The van der Waals surface area contributed by atoms with Gasteiger partial charge in [-0.2, -0.15) is 11.8 Å². The van der Waals surface area contributed by atoms with Gasteiger partial charge in [0.05, 0.1) is 18.5 Å². The second kappa shape index (κ2) is 10.3. The van der Waals surface area contributed by atoms with Crippen LogP contribution in [0, 0.1) is 0 Å². The fourth-order valence-electron chi connectivity index (χ4n) is 3.84. The van der Waals surface area contributed by atoms with E-state index in [0.717, 1.165) is 11.3 Å². The lowest BCUT2D eigenvalue weighted by atomic mass is 10.00. The van der Waals surface area contributed by atoms with Gasteiger partial charge < -0.3 is 18.9 Å². The van der Waals surface area contributed by atoms with Crippen molar-refractivity contribution in [2.24, 2.45) is 0 Å². The Morgan fingerprint density at radius 2 is 1.72 bits per heavy atom. The zero-order valence-electron chi connectivity index (χ0n) is 16.8. The lowest BCUT2D eigenvalue weighted by Crippen LogP contribution is -2.60. The van der Waals surface area contributed by atoms with Crippen LogP contribution in [0.5, 0.6) is 0 Å². The van der Waals surface area contributed by atoms with Crippen molar-refractivity contribution in [3.05, 3.63) is 71.8 Å². The number of benzene rings is 2. The van der Waals surface area contributed by atoms with Crippen LogP contribution in [0.3, 0.4) is 0 Å². The van der Waals surface area contributed by atoms with Crippen molar-refractivity contribution >= 4 is 23.5 Å². The Hall–Kier alpha value is -1.02. The lowest BCUT2D eigenvalue weighted by molar-refractivity contribution is -0.306. The molecule has 4 rings (SSSR count). The maximum Gasteiger partial charge on any atom is 0.184 e. The molecule has 0 N–H and O–H groups in total. The molecule has 156 valence electrons. The Morgan fingerprint density at radius 3 is 2.41 bits per heavy atom. The summed E-state index contributed by atoms with van der Waals surface area (Å²) in [6.07, 6.45) is 1.36. The molecule has 0 spiro atoms. The lowest BCUT2D eigenvalue weighted by Gasteiger charge is -2.49. The number of fused-ring (bicyclic) bond motifs is 1. The molecule has 2 aromatic carbocycles. The highest BCUT2D eigenvalue weighted by Crippen LogP contribution is 2.41. The third-order valence-corrected chi connectivity index (χ3v) is 7.51. The van der Waals surface area contributed by atoms with Gasteiger partial charge in [-0.1, -0.05) is 67.6 Å². The Labute approximate surface area is 181 Å². The number of hydrogen-bond acceptors (Lipinski definition) is 6. The van der Waals surface area contributed by atoms with E-state index in [1.54, 1.807) is 11.8 Å². The molecule has 0 aromatic heterocycles. The SMILES string of the molecule is CCS[C@H]1[C@@H](OCc2ccccc2)[C@@H]2OC(c3ccccc3)OC[C@H]2O[C@@H]1SC. The van der Waals surface area contributed by atoms with Gasteiger partial charge in [-0.05, 0) is 17.6 Å². The smallest absolute Gasteiger partial charge is 0.184 e. The van der Waals surface area contributed by atoms with Crippen molar-refractivity contribution in [1.29, 1.82) is 0 Å². The van der Waals surface area contributed by atoms with Crippen LogP contribution in [0.1, 0.15) is 24.3 Å². The molecule has 2 heterocycles. The second-order valence-electron chi connectivity index (χ2n) is 7.14. The van der Waals surface area contributed by atoms with Gasteiger partial charge in [0, 0.05) is 5.56 Å². The molecular weight excluding hydrogens is 404 g/mol. The van der Waals surface area contributed by atoms with Gasteiger partial charge in [0.15, 0.2) is 6.29 Å². The predicted molar refractivity (Wildman–Crippen MR) is 119 cm³/mol. The summed E-state index contributed by atoms with van der Waals surface area (Å²) < 4.78 is 25.4. The summed E-state index contributed by atoms with van der Waals surface area (Å²) in [6, 6.07) is 20.4. The molecule has 2 saturated heterocycles. The normalized spacial score (nSPS) is 31.9. The molecule has 2 fully saturated rings. The van der Waals surface area contributed by atoms with Crippen molar-refractivity contribution < 1.29 is 18.9 Å². The fourth-order valence-corrected chi connectivity index (χ4v) is 6.12. The van der Waals surface area contributed by atoms with Crippen molar-refractivity contribution in [1.82, 2.24) is 0 Å². The summed E-state index contributed by atoms with van der Waals surface area (Å²) in [5.41, 5.74) is 2.25. The van der Waals surface area contributed by atoms with Crippen molar-refractivity contribution in [3.8, 4) is 0 Å². The van der Waals surface area contributed by atoms with Crippen LogP contribution in [0.2, 0.25) is 0 Å². The molecule has 0 radical (unpaired) electrons. The van der Waals surface area contributed by atoms with E-state index in [0.29, 0.717) is 13.2 Å². The molecule has 0 saturated carbocycles. The van der Waals surface area contributed by atoms with Crippen LogP contribution in [-0.4, -0.2) is 47.6 Å². The minimum absolute atomic E-state index is 0.0578. The average Bonchev–Trinajstić information content (AvgIpc) is 2.79. The molecule has 1 unspecified atom stereocenters. The minimum Gasteiger partial charge on any atom is -0.369 e. The molecule has 0 aliphatic carbocycles. The van der Waals surface area contributed by atoms with Gasteiger partial charge in [0.25, 0.3) is 0 Å². The van der Waals surface area contributed by atoms with E-state index >= 15 is 0 Å². The average molecular weight is 433 g/mol. The Morgan fingerprint density at radius 1 is 1.00 bits per heavy atom. The predicted octanol–water partition coefficient (Wildman–Crippen LogP) is 4.90. The first kappa shape index (κ1) is 21.2. The van der Waals surface area contributed by atoms with Crippen LogP contribution >= 0.6 is 23.5 Å². The number of rotatable bonds is 7. The topological polar surface area (TPSA) is 36.9 Å². The molecule has 6 atom stereocenters. The highest BCUT2D eigenvalue weighted by atomic mass is 32.2. The van der Waals surface area contributed by atoms with Crippen molar-refractivity contribution in [2.45, 2.75) is 48.8 Å². The van der Waals surface area contributed by atoms with E-state index in [2.05, 4.69) is 25.3 Å². The first-order valence-electron chi connectivity index (χ1n) is 10.1. The zero-order chi connectivity index (χ0) is 20.1. The van der Waals surface area contributed by atoms with E-state index in [4.69, 9.17) is 18.9 Å². The first-order chi connectivity index (χ1) is 14.3. The quantitative estimate of drug-likeness (QED) is 0.620. The molecule has 6 heteroatoms. The molecular formula is C23H28O4S2. The maximum atomic E-state index is 6.53. The van der Waals surface area contributed by atoms with E-state index < -0.39 is 0 Å². The first-order valence-corrected chi connectivity index (χ1v) is 12.4. The number of hydrogen-bond donors (Lipinski definition) is 0. The Bertz CT molecular complexity index is 745. The van der Waals surface area contributed by atoms with Crippen molar-refractivity contribution in [3.63, 3.8) is 0 Å². The van der Waals surface area contributed by atoms with E-state index in [1.807, 2.05) is 60.3 Å². The Kier molecular flexibility index (Phi) is 7.56. The van der Waals surface area contributed by atoms with Gasteiger partial charge in [0.2, 0.25) is 0 Å². The molecule has 0 bridgehead atoms. The van der Waals surface area contributed by atoms with E-state index in [9.17, 15) is 0 Å². The van der Waals surface area contributed by atoms with Gasteiger partial charge in [-0.25, -0.2) is 0 Å². The standard InChI is InChI=1S/C23H28O4S2/c1-3-29-21-20(24-14-16-10-6-4-7-11-16)19-18(26-23(21)28-2)15-25-22(27-19)17-12-8-5-9-13-17/h4-13,18-23H,3,14-15H2,1-2H3/t18-,19-,20+,21+,22?,23-/m1/s1. The maximum absolute atomic E-state index is 6.53. The molecule has 2 aliphatic rings. The van der Waals surface area contributed by atoms with Gasteiger partial charge in [0.1, 0.15) is 23.7 Å². The van der Waals surface area contributed by atoms with Gasteiger partial charge >= 0.3 is 0 Å². The fraction of sp³-hybridized carbons (Fsp3) is 0.478. The van der Waals surface area contributed by atoms with E-state index in [1.165, 1.54) is 5.56 Å². The second-order valence-corrected chi connectivity index (χ2v) is 9.53. The molecule has 0 amide bonds. The van der Waals surface area contributed by atoms with Crippen molar-refractivity contribution in [2.75, 3.05) is 18.6 Å².